The van der Waals surface area contributed by atoms with Crippen LogP contribution in [0.5, 0.6) is 0 Å². The average Bonchev–Trinajstić information content (AvgIpc) is 2.55. The molecular formula is C17H30N2O5. The summed E-state index contributed by atoms with van der Waals surface area (Å²) in [5.74, 6) is -0.388. The minimum Gasteiger partial charge on any atom is -0.463 e. The third-order valence-electron chi connectivity index (χ3n) is 3.99. The van der Waals surface area contributed by atoms with Crippen molar-refractivity contribution in [1.82, 2.24) is 5.32 Å². The normalized spacial score (nSPS) is 23.6. The first-order chi connectivity index (χ1) is 11.5. The number of nitrogens with one attached hydrogen (secondary N) is 1. The Balaban J connectivity index is 2.98. The van der Waals surface area contributed by atoms with E-state index in [0.717, 1.165) is 12.8 Å². The highest BCUT2D eigenvalue weighted by Crippen LogP contribution is 2.24. The van der Waals surface area contributed by atoms with Gasteiger partial charge in [-0.3, -0.25) is 0 Å². The van der Waals surface area contributed by atoms with E-state index in [4.69, 9.17) is 19.9 Å². The summed E-state index contributed by atoms with van der Waals surface area (Å²) < 4.78 is 16.1. The number of hydrogen-bond acceptors (Lipinski definition) is 6. The topological polar surface area (TPSA) is 99.9 Å². The van der Waals surface area contributed by atoms with Crippen LogP contribution in [-0.2, 0) is 19.0 Å². The van der Waals surface area contributed by atoms with Crippen molar-refractivity contribution in [2.45, 2.75) is 71.2 Å². The Kier molecular flexibility index (Phi) is 8.78. The second-order valence-corrected chi connectivity index (χ2v) is 5.71. The smallest absolute Gasteiger partial charge is 0.407 e. The number of carbonyl (C=O) groups is 2. The fraction of sp³-hybridized carbons (Fsp3) is 0.765. The fourth-order valence-corrected chi connectivity index (χ4v) is 2.69. The van der Waals surface area contributed by atoms with Gasteiger partial charge in [0.05, 0.1) is 31.5 Å². The van der Waals surface area contributed by atoms with Crippen molar-refractivity contribution < 1.29 is 23.8 Å². The van der Waals surface area contributed by atoms with Crippen molar-refractivity contribution in [1.29, 1.82) is 0 Å². The van der Waals surface area contributed by atoms with Crippen LogP contribution in [0.3, 0.4) is 0 Å². The Labute approximate surface area is 143 Å². The van der Waals surface area contributed by atoms with Gasteiger partial charge in [-0.05, 0) is 39.2 Å². The summed E-state index contributed by atoms with van der Waals surface area (Å²) in [6.07, 6.45) is 2.68. The molecule has 0 radical (unpaired) electrons. The standard InChI is InChI=1S/C17H30N2O5/c1-5-12(6-2)24-14-10-11(16(20)22-7-3)9-13(18)15(14)19-17(21)23-8-4/h10,12-15H,5-9,18H2,1-4H3,(H,19,21)/t13-,14+,15+/m0/s1. The van der Waals surface area contributed by atoms with Gasteiger partial charge in [0.25, 0.3) is 0 Å². The predicted octanol–water partition coefficient (Wildman–Crippen LogP) is 1.90. The van der Waals surface area contributed by atoms with Crippen molar-refractivity contribution in [3.05, 3.63) is 11.6 Å². The second-order valence-electron chi connectivity index (χ2n) is 5.71. The van der Waals surface area contributed by atoms with Crippen LogP contribution < -0.4 is 11.1 Å². The monoisotopic (exact) mass is 342 g/mol. The van der Waals surface area contributed by atoms with Gasteiger partial charge in [0, 0.05) is 11.6 Å². The molecule has 1 aliphatic carbocycles. The summed E-state index contributed by atoms with van der Waals surface area (Å²) in [6.45, 7) is 8.12. The van der Waals surface area contributed by atoms with Crippen LogP contribution in [-0.4, -0.2) is 49.6 Å². The molecule has 0 unspecified atom stereocenters. The molecule has 7 heteroatoms. The fourth-order valence-electron chi connectivity index (χ4n) is 2.69. The Morgan fingerprint density at radius 3 is 2.38 bits per heavy atom. The lowest BCUT2D eigenvalue weighted by atomic mass is 9.88. The zero-order chi connectivity index (χ0) is 18.1. The maximum atomic E-state index is 12.0. The lowest BCUT2D eigenvalue weighted by Crippen LogP contribution is -2.57. The van der Waals surface area contributed by atoms with Gasteiger partial charge >= 0.3 is 12.1 Å². The molecule has 1 amide bonds. The van der Waals surface area contributed by atoms with Gasteiger partial charge in [0.15, 0.2) is 0 Å². The molecule has 0 saturated heterocycles. The third-order valence-corrected chi connectivity index (χ3v) is 3.99. The summed E-state index contributed by atoms with van der Waals surface area (Å²) in [5.41, 5.74) is 6.69. The number of amides is 1. The molecule has 0 aromatic heterocycles. The highest BCUT2D eigenvalue weighted by molar-refractivity contribution is 5.89. The maximum absolute atomic E-state index is 12.0. The van der Waals surface area contributed by atoms with Crippen LogP contribution in [0.25, 0.3) is 0 Å². The van der Waals surface area contributed by atoms with Gasteiger partial charge in [0.1, 0.15) is 0 Å². The molecular weight excluding hydrogens is 312 g/mol. The zero-order valence-electron chi connectivity index (χ0n) is 15.0. The van der Waals surface area contributed by atoms with Crippen LogP contribution in [0.2, 0.25) is 0 Å². The summed E-state index contributed by atoms with van der Waals surface area (Å²) in [7, 11) is 0. The molecule has 1 rings (SSSR count). The predicted molar refractivity (Wildman–Crippen MR) is 90.5 cm³/mol. The summed E-state index contributed by atoms with van der Waals surface area (Å²) in [6, 6.07) is -0.916. The number of alkyl carbamates (subject to hydrolysis) is 1. The minimum absolute atomic E-state index is 0.0199. The van der Waals surface area contributed by atoms with E-state index in [1.54, 1.807) is 19.9 Å². The molecule has 0 aliphatic heterocycles. The summed E-state index contributed by atoms with van der Waals surface area (Å²) >= 11 is 0. The molecule has 24 heavy (non-hydrogen) atoms. The molecule has 3 N–H and O–H groups in total. The van der Waals surface area contributed by atoms with E-state index in [1.807, 2.05) is 13.8 Å². The molecule has 0 spiro atoms. The third kappa shape index (κ3) is 5.79. The van der Waals surface area contributed by atoms with Crippen molar-refractivity contribution in [3.8, 4) is 0 Å². The molecule has 7 nitrogen and oxygen atoms in total. The van der Waals surface area contributed by atoms with E-state index >= 15 is 0 Å². The zero-order valence-corrected chi connectivity index (χ0v) is 15.0. The largest absolute Gasteiger partial charge is 0.463 e. The molecule has 0 aromatic rings. The van der Waals surface area contributed by atoms with Crippen LogP contribution in [0, 0.1) is 0 Å². The Morgan fingerprint density at radius 2 is 1.83 bits per heavy atom. The van der Waals surface area contributed by atoms with Gasteiger partial charge in [-0.2, -0.15) is 0 Å². The number of carbonyl (C=O) groups excluding carboxylic acids is 2. The second kappa shape index (κ2) is 10.3. The average molecular weight is 342 g/mol. The van der Waals surface area contributed by atoms with Gasteiger partial charge in [-0.15, -0.1) is 0 Å². The number of rotatable bonds is 8. The molecule has 0 heterocycles. The van der Waals surface area contributed by atoms with Crippen LogP contribution >= 0.6 is 0 Å². The number of esters is 1. The van der Waals surface area contributed by atoms with E-state index in [2.05, 4.69) is 5.32 Å². The van der Waals surface area contributed by atoms with Crippen molar-refractivity contribution >= 4 is 12.1 Å². The molecule has 0 saturated carbocycles. The molecule has 3 atom stereocenters. The first-order valence-electron chi connectivity index (χ1n) is 8.68. The Hall–Kier alpha value is -1.60. The SMILES string of the molecule is CCOC(=O)N[C@@H]1[C@@H](N)CC(C(=O)OCC)=C[C@H]1OC(CC)CC. The highest BCUT2D eigenvalue weighted by Gasteiger charge is 2.36. The van der Waals surface area contributed by atoms with E-state index in [0.29, 0.717) is 18.6 Å². The molecule has 0 bridgehead atoms. The lowest BCUT2D eigenvalue weighted by Gasteiger charge is -2.36. The quantitative estimate of drug-likeness (QED) is 0.654. The number of ether oxygens (including phenoxy) is 3. The summed E-state index contributed by atoms with van der Waals surface area (Å²) in [5, 5.41) is 2.76. The first-order valence-corrected chi connectivity index (χ1v) is 8.68. The molecule has 138 valence electrons. The van der Waals surface area contributed by atoms with Crippen LogP contribution in [0.1, 0.15) is 47.0 Å². The van der Waals surface area contributed by atoms with Crippen LogP contribution in [0.15, 0.2) is 11.6 Å². The highest BCUT2D eigenvalue weighted by atomic mass is 16.5. The minimum atomic E-state index is -0.538. The number of nitrogens with two attached hydrogens (primary N) is 1. The van der Waals surface area contributed by atoms with E-state index < -0.39 is 24.3 Å². The van der Waals surface area contributed by atoms with E-state index in [1.165, 1.54) is 0 Å². The van der Waals surface area contributed by atoms with Gasteiger partial charge < -0.3 is 25.3 Å². The van der Waals surface area contributed by atoms with Crippen molar-refractivity contribution in [2.24, 2.45) is 5.73 Å². The lowest BCUT2D eigenvalue weighted by molar-refractivity contribution is -0.139. The van der Waals surface area contributed by atoms with E-state index in [9.17, 15) is 9.59 Å². The van der Waals surface area contributed by atoms with Crippen molar-refractivity contribution in [2.75, 3.05) is 13.2 Å². The molecule has 0 aromatic carbocycles. The molecule has 0 fully saturated rings. The Bertz CT molecular complexity index is 448. The molecule has 1 aliphatic rings. The van der Waals surface area contributed by atoms with Crippen LogP contribution in [0.4, 0.5) is 4.79 Å². The first kappa shape index (κ1) is 20.4. The Morgan fingerprint density at radius 1 is 1.21 bits per heavy atom. The number of hydrogen-bond donors (Lipinski definition) is 2. The van der Waals surface area contributed by atoms with Gasteiger partial charge in [0.2, 0.25) is 0 Å². The summed E-state index contributed by atoms with van der Waals surface area (Å²) in [4.78, 5) is 23.8. The van der Waals surface area contributed by atoms with Crippen molar-refractivity contribution in [3.63, 3.8) is 0 Å². The van der Waals surface area contributed by atoms with Gasteiger partial charge in [-0.1, -0.05) is 13.8 Å². The maximum Gasteiger partial charge on any atom is 0.407 e. The van der Waals surface area contributed by atoms with Gasteiger partial charge in [-0.25, -0.2) is 9.59 Å². The van der Waals surface area contributed by atoms with E-state index in [-0.39, 0.29) is 18.7 Å².